The van der Waals surface area contributed by atoms with E-state index in [0.29, 0.717) is 11.8 Å². The third-order valence-corrected chi connectivity index (χ3v) is 4.76. The molecule has 6 heteroatoms. The fraction of sp³-hybridized carbons (Fsp3) is 0.650. The second kappa shape index (κ2) is 12.4. The Morgan fingerprint density at radius 1 is 1.38 bits per heavy atom. The Morgan fingerprint density at radius 2 is 2.12 bits per heavy atom. The molecular weight excluding hydrogens is 441 g/mol. The lowest BCUT2D eigenvalue weighted by atomic mass is 9.98. The Labute approximate surface area is 175 Å². The lowest BCUT2D eigenvalue weighted by Crippen LogP contribution is -2.41. The number of halogens is 1. The van der Waals surface area contributed by atoms with Gasteiger partial charge in [-0.3, -0.25) is 4.99 Å². The van der Waals surface area contributed by atoms with Gasteiger partial charge >= 0.3 is 0 Å². The molecule has 0 radical (unpaired) electrons. The van der Waals surface area contributed by atoms with Gasteiger partial charge in [0.15, 0.2) is 5.96 Å². The highest BCUT2D eigenvalue weighted by molar-refractivity contribution is 14.0. The summed E-state index contributed by atoms with van der Waals surface area (Å²) < 4.78 is 10.7. The number of guanidine groups is 1. The van der Waals surface area contributed by atoms with Crippen LogP contribution < -0.4 is 10.1 Å². The summed E-state index contributed by atoms with van der Waals surface area (Å²) in [7, 11) is 3.82. The van der Waals surface area contributed by atoms with Crippen LogP contribution in [0.25, 0.3) is 0 Å². The number of nitrogens with zero attached hydrogens (tertiary/aromatic N) is 2. The van der Waals surface area contributed by atoms with Gasteiger partial charge in [0.1, 0.15) is 5.75 Å². The average molecular weight is 475 g/mol. The third kappa shape index (κ3) is 7.31. The van der Waals surface area contributed by atoms with E-state index in [1.165, 1.54) is 5.56 Å². The van der Waals surface area contributed by atoms with Gasteiger partial charge in [0.2, 0.25) is 0 Å². The largest absolute Gasteiger partial charge is 0.497 e. The van der Waals surface area contributed by atoms with Crippen molar-refractivity contribution in [3.05, 3.63) is 29.8 Å². The second-order valence-corrected chi connectivity index (χ2v) is 6.81. The predicted octanol–water partition coefficient (Wildman–Crippen LogP) is 3.74. The summed E-state index contributed by atoms with van der Waals surface area (Å²) in [5.74, 6) is 3.00. The lowest BCUT2D eigenvalue weighted by Gasteiger charge is -2.24. The number of methoxy groups -OCH3 is 1. The Balaban J connectivity index is 0.00000338. The minimum Gasteiger partial charge on any atom is -0.497 e. The molecule has 0 bridgehead atoms. The Bertz CT molecular complexity index is 530. The van der Waals surface area contributed by atoms with Gasteiger partial charge in [-0.25, -0.2) is 0 Å². The second-order valence-electron chi connectivity index (χ2n) is 6.81. The summed E-state index contributed by atoms with van der Waals surface area (Å²) >= 11 is 0. The van der Waals surface area contributed by atoms with Crippen LogP contribution in [-0.4, -0.2) is 57.9 Å². The molecule has 1 aliphatic heterocycles. The zero-order valence-corrected chi connectivity index (χ0v) is 18.9. The fourth-order valence-electron chi connectivity index (χ4n) is 3.13. The van der Waals surface area contributed by atoms with E-state index in [1.54, 1.807) is 7.11 Å². The molecule has 148 valence electrons. The van der Waals surface area contributed by atoms with Gasteiger partial charge in [0, 0.05) is 39.2 Å². The van der Waals surface area contributed by atoms with Gasteiger partial charge < -0.3 is 19.7 Å². The first-order valence-electron chi connectivity index (χ1n) is 9.35. The van der Waals surface area contributed by atoms with E-state index < -0.39 is 0 Å². The maximum absolute atomic E-state index is 5.48. The van der Waals surface area contributed by atoms with Gasteiger partial charge in [0.05, 0.1) is 13.7 Å². The van der Waals surface area contributed by atoms with E-state index in [-0.39, 0.29) is 24.0 Å². The summed E-state index contributed by atoms with van der Waals surface area (Å²) in [6.45, 7) is 8.84. The molecule has 1 heterocycles. The van der Waals surface area contributed by atoms with Gasteiger partial charge in [-0.05, 0) is 43.4 Å². The first-order valence-corrected chi connectivity index (χ1v) is 9.35. The van der Waals surface area contributed by atoms with E-state index in [2.05, 4.69) is 43.2 Å². The number of aliphatic imine (C=N–C) groups is 1. The molecule has 2 rings (SSSR count). The van der Waals surface area contributed by atoms with E-state index >= 15 is 0 Å². The predicted molar refractivity (Wildman–Crippen MR) is 119 cm³/mol. The van der Waals surface area contributed by atoms with Crippen molar-refractivity contribution in [1.29, 1.82) is 0 Å². The van der Waals surface area contributed by atoms with Crippen molar-refractivity contribution in [3.8, 4) is 5.75 Å². The zero-order chi connectivity index (χ0) is 18.1. The molecule has 1 aromatic carbocycles. The van der Waals surface area contributed by atoms with Crippen molar-refractivity contribution in [2.45, 2.75) is 32.6 Å². The Morgan fingerprint density at radius 3 is 2.69 bits per heavy atom. The first kappa shape index (κ1) is 23.0. The maximum Gasteiger partial charge on any atom is 0.193 e. The summed E-state index contributed by atoms with van der Waals surface area (Å²) in [5.41, 5.74) is 1.33. The highest BCUT2D eigenvalue weighted by atomic mass is 127. The first-order chi connectivity index (χ1) is 12.1. The molecule has 26 heavy (non-hydrogen) atoms. The topological polar surface area (TPSA) is 46.1 Å². The van der Waals surface area contributed by atoms with Gasteiger partial charge in [-0.2, -0.15) is 0 Å². The maximum atomic E-state index is 5.48. The number of rotatable bonds is 8. The number of hydrogen-bond acceptors (Lipinski definition) is 3. The fourth-order valence-corrected chi connectivity index (χ4v) is 3.13. The Kier molecular flexibility index (Phi) is 11.0. The van der Waals surface area contributed by atoms with Crippen molar-refractivity contribution >= 4 is 29.9 Å². The van der Waals surface area contributed by atoms with E-state index in [9.17, 15) is 0 Å². The smallest absolute Gasteiger partial charge is 0.193 e. The van der Waals surface area contributed by atoms with Crippen molar-refractivity contribution in [1.82, 2.24) is 10.2 Å². The van der Waals surface area contributed by atoms with E-state index in [1.807, 2.05) is 12.1 Å². The van der Waals surface area contributed by atoms with Crippen LogP contribution in [0.5, 0.6) is 5.75 Å². The van der Waals surface area contributed by atoms with Crippen LogP contribution in [0.2, 0.25) is 0 Å². The number of nitrogens with one attached hydrogen (secondary N) is 1. The van der Waals surface area contributed by atoms with Crippen molar-refractivity contribution in [2.24, 2.45) is 10.9 Å². The molecule has 1 N–H and O–H groups in total. The van der Waals surface area contributed by atoms with Crippen LogP contribution in [0.3, 0.4) is 0 Å². The molecule has 0 amide bonds. The van der Waals surface area contributed by atoms with Crippen LogP contribution in [0.4, 0.5) is 0 Å². The molecule has 1 fully saturated rings. The third-order valence-electron chi connectivity index (χ3n) is 4.76. The van der Waals surface area contributed by atoms with Crippen LogP contribution in [-0.2, 0) is 4.74 Å². The summed E-state index contributed by atoms with van der Waals surface area (Å²) in [6.07, 6.45) is 2.18. The average Bonchev–Trinajstić information content (AvgIpc) is 3.13. The van der Waals surface area contributed by atoms with Gasteiger partial charge in [-0.1, -0.05) is 19.1 Å². The minimum atomic E-state index is 0. The SMILES string of the molecule is CCNC(=NCCC(C)c1ccc(OC)cc1)N(C)CC1CCOC1.I. The molecule has 0 aliphatic carbocycles. The number of hydrogen-bond donors (Lipinski definition) is 1. The van der Waals surface area contributed by atoms with Gasteiger partial charge in [-0.15, -0.1) is 24.0 Å². The molecule has 0 spiro atoms. The monoisotopic (exact) mass is 475 g/mol. The molecule has 1 aliphatic rings. The van der Waals surface area contributed by atoms with Gasteiger partial charge in [0.25, 0.3) is 0 Å². The minimum absolute atomic E-state index is 0. The van der Waals surface area contributed by atoms with Crippen molar-refractivity contribution in [2.75, 3.05) is 47.0 Å². The highest BCUT2D eigenvalue weighted by Crippen LogP contribution is 2.21. The summed E-state index contributed by atoms with van der Waals surface area (Å²) in [5, 5.41) is 3.40. The zero-order valence-electron chi connectivity index (χ0n) is 16.5. The molecule has 0 aromatic heterocycles. The summed E-state index contributed by atoms with van der Waals surface area (Å²) in [6, 6.07) is 8.34. The van der Waals surface area contributed by atoms with Crippen LogP contribution in [0.1, 0.15) is 38.2 Å². The molecule has 5 nitrogen and oxygen atoms in total. The van der Waals surface area contributed by atoms with Crippen LogP contribution in [0, 0.1) is 5.92 Å². The number of ether oxygens (including phenoxy) is 2. The molecular formula is C20H34IN3O2. The standard InChI is InChI=1S/C20H33N3O2.HI/c1-5-21-20(23(3)14-17-11-13-25-15-17)22-12-10-16(2)18-6-8-19(24-4)9-7-18;/h6-9,16-17H,5,10-15H2,1-4H3,(H,21,22);1H. The lowest BCUT2D eigenvalue weighted by molar-refractivity contribution is 0.181. The normalized spacial score (nSPS) is 18.2. The van der Waals surface area contributed by atoms with Crippen LogP contribution in [0.15, 0.2) is 29.3 Å². The molecule has 0 saturated carbocycles. The van der Waals surface area contributed by atoms with Crippen LogP contribution >= 0.6 is 24.0 Å². The number of benzene rings is 1. The Hall–Kier alpha value is -1.02. The molecule has 2 atom stereocenters. The highest BCUT2D eigenvalue weighted by Gasteiger charge is 2.19. The van der Waals surface area contributed by atoms with E-state index in [0.717, 1.165) is 57.4 Å². The van der Waals surface area contributed by atoms with Crippen molar-refractivity contribution < 1.29 is 9.47 Å². The van der Waals surface area contributed by atoms with E-state index in [4.69, 9.17) is 14.5 Å². The molecule has 1 saturated heterocycles. The molecule has 1 aromatic rings. The summed E-state index contributed by atoms with van der Waals surface area (Å²) in [4.78, 5) is 7.06. The quantitative estimate of drug-likeness (QED) is 0.354. The molecule has 2 unspecified atom stereocenters. The van der Waals surface area contributed by atoms with Crippen molar-refractivity contribution in [3.63, 3.8) is 0 Å².